The van der Waals surface area contributed by atoms with Gasteiger partial charge in [-0.3, -0.25) is 14.6 Å². The van der Waals surface area contributed by atoms with Gasteiger partial charge in [0.15, 0.2) is 5.96 Å². The summed E-state index contributed by atoms with van der Waals surface area (Å²) in [6.07, 6.45) is 32.9. The van der Waals surface area contributed by atoms with Gasteiger partial charge in [-0.05, 0) is 44.9 Å². The number of carbonyl (C=O) groups is 2. The minimum Gasteiger partial charge on any atom is -0.370 e. The largest absolute Gasteiger partial charge is 0.370 e. The summed E-state index contributed by atoms with van der Waals surface area (Å²) in [6, 6.07) is 0. The smallest absolute Gasteiger partial charge is 0.239 e. The van der Waals surface area contributed by atoms with Crippen molar-refractivity contribution in [2.75, 3.05) is 26.7 Å². The lowest BCUT2D eigenvalue weighted by atomic mass is 10.2. The highest BCUT2D eigenvalue weighted by molar-refractivity contribution is 5.85. The summed E-state index contributed by atoms with van der Waals surface area (Å²) in [5, 5.41) is 8.14. The van der Waals surface area contributed by atoms with E-state index in [4.69, 9.17) is 5.73 Å². The summed E-state index contributed by atoms with van der Waals surface area (Å²) in [6.45, 7) is 2.97. The molecule has 2 amide bonds. The van der Waals surface area contributed by atoms with Crippen molar-refractivity contribution in [2.45, 2.75) is 58.3 Å². The third-order valence-electron chi connectivity index (χ3n) is 4.57. The third-order valence-corrected chi connectivity index (χ3v) is 4.57. The Morgan fingerprint density at radius 3 is 1.54 bits per heavy atom. The quantitative estimate of drug-likeness (QED) is 0.0954. The Bertz CT molecular complexity index is 761. The van der Waals surface area contributed by atoms with Crippen molar-refractivity contribution in [3.05, 3.63) is 72.9 Å². The predicted molar refractivity (Wildman–Crippen MR) is 149 cm³/mol. The monoisotopic (exact) mass is 483 g/mol. The van der Waals surface area contributed by atoms with Crippen LogP contribution in [0.1, 0.15) is 58.3 Å². The molecule has 0 rings (SSSR count). The summed E-state index contributed by atoms with van der Waals surface area (Å²) in [4.78, 5) is 27.0. The first-order chi connectivity index (χ1) is 17.1. The van der Waals surface area contributed by atoms with Gasteiger partial charge in [0.2, 0.25) is 11.8 Å². The van der Waals surface area contributed by atoms with E-state index in [1.807, 2.05) is 6.08 Å². The van der Waals surface area contributed by atoms with Gasteiger partial charge in [-0.2, -0.15) is 0 Å². The highest BCUT2D eigenvalue weighted by atomic mass is 16.2. The van der Waals surface area contributed by atoms with Crippen LogP contribution in [0.4, 0.5) is 0 Å². The molecule has 194 valence electrons. The van der Waals surface area contributed by atoms with Gasteiger partial charge in [0.05, 0.1) is 6.54 Å². The molecular weight excluding hydrogens is 438 g/mol. The molecule has 0 aliphatic carbocycles. The van der Waals surface area contributed by atoms with Gasteiger partial charge in [0.25, 0.3) is 0 Å². The van der Waals surface area contributed by atoms with Gasteiger partial charge in [-0.1, -0.05) is 79.8 Å². The van der Waals surface area contributed by atoms with Crippen molar-refractivity contribution in [3.63, 3.8) is 0 Å². The molecule has 0 bridgehead atoms. The molecule has 0 fully saturated rings. The Morgan fingerprint density at radius 1 is 0.657 bits per heavy atom. The van der Waals surface area contributed by atoms with Gasteiger partial charge in [0.1, 0.15) is 0 Å². The zero-order valence-corrected chi connectivity index (χ0v) is 21.5. The maximum absolute atomic E-state index is 11.8. The maximum atomic E-state index is 11.8. The summed E-state index contributed by atoms with van der Waals surface area (Å²) in [5.74, 6) is -0.0223. The molecular formula is C28H45N5O2. The molecule has 7 heteroatoms. The van der Waals surface area contributed by atoms with Crippen LogP contribution in [0, 0.1) is 0 Å². The third kappa shape index (κ3) is 25.1. The topological polar surface area (TPSA) is 109 Å². The minimum atomic E-state index is -0.205. The molecule has 0 aromatic heterocycles. The molecule has 0 radical (unpaired) electrons. The van der Waals surface area contributed by atoms with Crippen molar-refractivity contribution in [1.82, 2.24) is 16.0 Å². The molecule has 0 aliphatic rings. The summed E-state index contributed by atoms with van der Waals surface area (Å²) >= 11 is 0. The number of carbonyl (C=O) groups excluding carboxylic acids is 2. The molecule has 0 spiro atoms. The van der Waals surface area contributed by atoms with E-state index in [1.54, 1.807) is 0 Å². The van der Waals surface area contributed by atoms with Crippen LogP contribution >= 0.6 is 0 Å². The van der Waals surface area contributed by atoms with E-state index in [0.29, 0.717) is 25.9 Å². The highest BCUT2D eigenvalue weighted by Gasteiger charge is 2.02. The molecule has 0 saturated heterocycles. The van der Waals surface area contributed by atoms with Crippen LogP contribution in [0.3, 0.4) is 0 Å². The van der Waals surface area contributed by atoms with Crippen LogP contribution in [0.15, 0.2) is 77.9 Å². The Kier molecular flexibility index (Phi) is 22.9. The van der Waals surface area contributed by atoms with E-state index in [-0.39, 0.29) is 24.3 Å². The SMILES string of the molecule is CC/C=C\C/C=C\C/C=C\C/C=C\C/C=C\C/C=C\CCC(=O)NCCNC(=O)CNC(N)=NC. The predicted octanol–water partition coefficient (Wildman–Crippen LogP) is 4.23. The number of nitrogens with zero attached hydrogens (tertiary/aromatic N) is 1. The van der Waals surface area contributed by atoms with Crippen molar-refractivity contribution in [1.29, 1.82) is 0 Å². The fraction of sp³-hybridized carbons (Fsp3) is 0.464. The standard InChI is InChI=1S/C28H45N5O2/c1-3-4-5-6-7-8-9-10-11-12-13-14-15-16-17-18-19-20-21-22-26(34)31-23-24-32-27(35)25-33-28(29)30-2/h4-5,7-8,10-11,13-14,16-17,19-20H,3,6,9,12,15,18,21-25H2,1-2H3,(H,31,34)(H,32,35)(H3,29,30,33)/b5-4-,8-7-,11-10-,14-13-,17-16-,20-19-. The lowest BCUT2D eigenvalue weighted by Gasteiger charge is -2.07. The Hall–Kier alpha value is -3.35. The second kappa shape index (κ2) is 25.3. The number of hydrogen-bond acceptors (Lipinski definition) is 3. The molecule has 0 saturated carbocycles. The summed E-state index contributed by atoms with van der Waals surface area (Å²) in [5.41, 5.74) is 5.44. The average molecular weight is 484 g/mol. The average Bonchev–Trinajstić information content (AvgIpc) is 2.86. The Labute approximate surface area is 212 Å². The number of allylic oxidation sites excluding steroid dienone is 12. The van der Waals surface area contributed by atoms with Gasteiger partial charge in [0, 0.05) is 26.6 Å². The van der Waals surface area contributed by atoms with Crippen molar-refractivity contribution >= 4 is 17.8 Å². The number of amides is 2. The van der Waals surface area contributed by atoms with Gasteiger partial charge in [-0.15, -0.1) is 0 Å². The van der Waals surface area contributed by atoms with Crippen LogP contribution in [-0.4, -0.2) is 44.5 Å². The minimum absolute atomic E-state index is 0.0285. The van der Waals surface area contributed by atoms with Crippen molar-refractivity contribution in [2.24, 2.45) is 10.7 Å². The van der Waals surface area contributed by atoms with Crippen molar-refractivity contribution < 1.29 is 9.59 Å². The Balaban J connectivity index is 3.62. The molecule has 0 heterocycles. The normalized spacial score (nSPS) is 12.8. The molecule has 0 unspecified atom stereocenters. The van der Waals surface area contributed by atoms with Gasteiger partial charge in [-0.25, -0.2) is 0 Å². The second-order valence-corrected chi connectivity index (χ2v) is 7.62. The van der Waals surface area contributed by atoms with E-state index in [0.717, 1.165) is 38.5 Å². The highest BCUT2D eigenvalue weighted by Crippen LogP contribution is 1.97. The molecule has 0 aromatic rings. The molecule has 0 aromatic carbocycles. The van der Waals surface area contributed by atoms with Crippen LogP contribution in [0.2, 0.25) is 0 Å². The first-order valence-electron chi connectivity index (χ1n) is 12.5. The first-order valence-corrected chi connectivity index (χ1v) is 12.5. The fourth-order valence-corrected chi connectivity index (χ4v) is 2.66. The van der Waals surface area contributed by atoms with E-state index in [2.05, 4.69) is 94.7 Å². The maximum Gasteiger partial charge on any atom is 0.239 e. The van der Waals surface area contributed by atoms with Crippen LogP contribution in [-0.2, 0) is 9.59 Å². The number of nitrogens with one attached hydrogen (secondary N) is 3. The lowest BCUT2D eigenvalue weighted by molar-refractivity contribution is -0.122. The van der Waals surface area contributed by atoms with E-state index < -0.39 is 0 Å². The second-order valence-electron chi connectivity index (χ2n) is 7.62. The molecule has 5 N–H and O–H groups in total. The number of aliphatic imine (C=N–C) groups is 1. The van der Waals surface area contributed by atoms with Crippen LogP contribution < -0.4 is 21.7 Å². The number of guanidine groups is 1. The number of nitrogens with two attached hydrogens (primary N) is 1. The first kappa shape index (κ1) is 31.6. The van der Waals surface area contributed by atoms with E-state index in [9.17, 15) is 9.59 Å². The van der Waals surface area contributed by atoms with Crippen LogP contribution in [0.25, 0.3) is 0 Å². The van der Waals surface area contributed by atoms with Gasteiger partial charge < -0.3 is 21.7 Å². The van der Waals surface area contributed by atoms with E-state index in [1.165, 1.54) is 7.05 Å². The molecule has 0 atom stereocenters. The fourth-order valence-electron chi connectivity index (χ4n) is 2.66. The van der Waals surface area contributed by atoms with Crippen molar-refractivity contribution in [3.8, 4) is 0 Å². The summed E-state index contributed by atoms with van der Waals surface area (Å²) < 4.78 is 0. The number of hydrogen-bond donors (Lipinski definition) is 4. The molecule has 35 heavy (non-hydrogen) atoms. The zero-order chi connectivity index (χ0) is 25.8. The van der Waals surface area contributed by atoms with Crippen LogP contribution in [0.5, 0.6) is 0 Å². The molecule has 7 nitrogen and oxygen atoms in total. The van der Waals surface area contributed by atoms with Gasteiger partial charge >= 0.3 is 0 Å². The molecule has 0 aliphatic heterocycles. The lowest BCUT2D eigenvalue weighted by Crippen LogP contribution is -2.42. The zero-order valence-electron chi connectivity index (χ0n) is 21.5. The Morgan fingerprint density at radius 2 is 1.09 bits per heavy atom. The number of rotatable bonds is 19. The summed E-state index contributed by atoms with van der Waals surface area (Å²) in [7, 11) is 1.54. The van der Waals surface area contributed by atoms with E-state index >= 15 is 0 Å².